The number of hydrogen-bond acceptors (Lipinski definition) is 9. The van der Waals surface area contributed by atoms with E-state index in [0.717, 1.165) is 0 Å². The highest BCUT2D eigenvalue weighted by Gasteiger charge is 2.68. The number of aliphatic hydroxyl groups excluding tert-OH is 3. The molecule has 3 aliphatic rings. The van der Waals surface area contributed by atoms with Crippen molar-refractivity contribution in [2.75, 3.05) is 14.1 Å². The third-order valence-corrected chi connectivity index (χ3v) is 6.99. The quantitative estimate of drug-likeness (QED) is 0.327. The molecular formula is C22H24N2O8. The van der Waals surface area contributed by atoms with Crippen molar-refractivity contribution in [3.05, 3.63) is 46.2 Å². The van der Waals surface area contributed by atoms with E-state index in [1.165, 1.54) is 25.1 Å². The van der Waals surface area contributed by atoms with Crippen LogP contribution in [0.5, 0.6) is 5.75 Å². The van der Waals surface area contributed by atoms with E-state index in [4.69, 9.17) is 5.73 Å². The summed E-state index contributed by atoms with van der Waals surface area (Å²) in [6.45, 7) is 1.68. The first-order valence-corrected chi connectivity index (χ1v) is 10.0. The lowest BCUT2D eigenvalue weighted by molar-refractivity contribution is -0.169. The van der Waals surface area contributed by atoms with E-state index in [2.05, 4.69) is 0 Å². The number of amides is 1. The normalized spacial score (nSPS) is 34.4. The van der Waals surface area contributed by atoms with E-state index < -0.39 is 75.6 Å². The van der Waals surface area contributed by atoms with Gasteiger partial charge in [-0.3, -0.25) is 19.3 Å². The highest BCUT2D eigenvalue weighted by molar-refractivity contribution is 6.24. The fraction of sp³-hybridized carbons (Fsp3) is 0.409. The van der Waals surface area contributed by atoms with Crippen LogP contribution < -0.4 is 5.73 Å². The summed E-state index contributed by atoms with van der Waals surface area (Å²) in [6.07, 6.45) is -1.59. The SMILES string of the molecule is C[C@H]1c2cccc(O)c2C(O)=C2C(=O)[C@@]3(O)C(O)=C(C(N)=O)C(=O)[C@@H](N(C)C)[C@H]3[C@@H](O)[C@H]21. The standard InChI is InChI=1S/C22H24N2O8/c1-7-8-5-4-6-9(25)11(8)16(26)12-10(7)17(27)14-15(24(2)3)18(28)13(21(23)31)20(30)22(14,32)19(12)29/h4-7,10,14-15,17,25-27,30,32H,1-3H3,(H2,23,31)/t7-,10-,14-,15-,17-,22+/m0/s1. The number of hydrogen-bond donors (Lipinski definition) is 6. The highest BCUT2D eigenvalue weighted by Crippen LogP contribution is 2.55. The van der Waals surface area contributed by atoms with Gasteiger partial charge in [0.25, 0.3) is 5.91 Å². The molecule has 0 unspecified atom stereocenters. The summed E-state index contributed by atoms with van der Waals surface area (Å²) in [4.78, 5) is 40.0. The van der Waals surface area contributed by atoms with Crippen LogP contribution in [0.4, 0.5) is 0 Å². The molecule has 6 atom stereocenters. The van der Waals surface area contributed by atoms with E-state index in [0.29, 0.717) is 5.56 Å². The second kappa shape index (κ2) is 6.89. The third-order valence-electron chi connectivity index (χ3n) is 6.99. The number of Topliss-reactive ketones (excluding diaryl/α,β-unsaturated/α-hetero) is 2. The minimum absolute atomic E-state index is 0.0245. The predicted molar refractivity (Wildman–Crippen MR) is 110 cm³/mol. The van der Waals surface area contributed by atoms with Crippen molar-refractivity contribution in [2.45, 2.75) is 30.6 Å². The zero-order valence-electron chi connectivity index (χ0n) is 17.6. The lowest BCUT2D eigenvalue weighted by Gasteiger charge is -2.53. The van der Waals surface area contributed by atoms with Gasteiger partial charge in [0, 0.05) is 11.5 Å². The summed E-state index contributed by atoms with van der Waals surface area (Å²) in [7, 11) is 2.92. The zero-order valence-corrected chi connectivity index (χ0v) is 17.6. The Balaban J connectivity index is 2.07. The Hall–Kier alpha value is -3.21. The van der Waals surface area contributed by atoms with Gasteiger partial charge in [-0.1, -0.05) is 19.1 Å². The molecule has 0 heterocycles. The van der Waals surface area contributed by atoms with Gasteiger partial charge in [0.05, 0.1) is 23.6 Å². The van der Waals surface area contributed by atoms with Crippen molar-refractivity contribution in [3.8, 4) is 5.75 Å². The maximum Gasteiger partial charge on any atom is 0.255 e. The third kappa shape index (κ3) is 2.48. The second-order valence-electron chi connectivity index (χ2n) is 8.79. The molecule has 0 bridgehead atoms. The molecule has 1 saturated carbocycles. The fourth-order valence-electron chi connectivity index (χ4n) is 5.58. The Morgan fingerprint density at radius 2 is 1.78 bits per heavy atom. The van der Waals surface area contributed by atoms with Gasteiger partial charge in [-0.25, -0.2) is 0 Å². The first-order chi connectivity index (χ1) is 14.9. The number of phenols is 1. The van der Waals surface area contributed by atoms with E-state index in [1.807, 2.05) is 0 Å². The number of ketones is 2. The van der Waals surface area contributed by atoms with Crippen molar-refractivity contribution < 1.29 is 39.9 Å². The second-order valence-corrected chi connectivity index (χ2v) is 8.79. The lowest BCUT2D eigenvalue weighted by atomic mass is 9.54. The van der Waals surface area contributed by atoms with Crippen molar-refractivity contribution in [1.29, 1.82) is 0 Å². The van der Waals surface area contributed by atoms with Gasteiger partial charge < -0.3 is 31.3 Å². The number of fused-ring (bicyclic) bond motifs is 3. The molecule has 10 nitrogen and oxygen atoms in total. The molecule has 32 heavy (non-hydrogen) atoms. The molecule has 170 valence electrons. The number of aromatic hydroxyl groups is 1. The van der Waals surface area contributed by atoms with Crippen LogP contribution in [0.25, 0.3) is 5.76 Å². The van der Waals surface area contributed by atoms with Crippen LogP contribution in [-0.4, -0.2) is 79.7 Å². The smallest absolute Gasteiger partial charge is 0.255 e. The summed E-state index contributed by atoms with van der Waals surface area (Å²) in [5.74, 6) is -8.87. The molecule has 10 heteroatoms. The predicted octanol–water partition coefficient (Wildman–Crippen LogP) is -0.504. The summed E-state index contributed by atoms with van der Waals surface area (Å²) < 4.78 is 0. The van der Waals surface area contributed by atoms with E-state index in [1.54, 1.807) is 19.1 Å². The molecule has 0 radical (unpaired) electrons. The Kier molecular flexibility index (Phi) is 4.74. The Morgan fingerprint density at radius 3 is 2.34 bits per heavy atom. The summed E-state index contributed by atoms with van der Waals surface area (Å²) >= 11 is 0. The first-order valence-electron chi connectivity index (χ1n) is 10.0. The lowest BCUT2D eigenvalue weighted by Crippen LogP contribution is -2.70. The Morgan fingerprint density at radius 1 is 1.16 bits per heavy atom. The fourth-order valence-corrected chi connectivity index (χ4v) is 5.58. The molecule has 0 saturated heterocycles. The number of carbonyl (C=O) groups excluding carboxylic acids is 3. The Bertz CT molecular complexity index is 1140. The highest BCUT2D eigenvalue weighted by atomic mass is 16.4. The molecule has 3 aliphatic carbocycles. The van der Waals surface area contributed by atoms with Gasteiger partial charge >= 0.3 is 0 Å². The summed E-state index contributed by atoms with van der Waals surface area (Å²) in [5.41, 5.74) is 1.47. The molecule has 4 rings (SSSR count). The molecule has 7 N–H and O–H groups in total. The average Bonchev–Trinajstić information content (AvgIpc) is 2.70. The monoisotopic (exact) mass is 444 g/mol. The van der Waals surface area contributed by atoms with Crippen LogP contribution in [0.15, 0.2) is 35.1 Å². The molecule has 0 aliphatic heterocycles. The number of nitrogens with two attached hydrogens (primary N) is 1. The van der Waals surface area contributed by atoms with E-state index in [9.17, 15) is 39.9 Å². The molecule has 1 aromatic rings. The molecular weight excluding hydrogens is 420 g/mol. The molecule has 1 fully saturated rings. The van der Waals surface area contributed by atoms with Gasteiger partial charge in [0.15, 0.2) is 11.4 Å². The van der Waals surface area contributed by atoms with Crippen LogP contribution >= 0.6 is 0 Å². The summed E-state index contributed by atoms with van der Waals surface area (Å²) in [5, 5.41) is 54.9. The number of benzene rings is 1. The summed E-state index contributed by atoms with van der Waals surface area (Å²) in [6, 6.07) is 3.13. The van der Waals surface area contributed by atoms with Crippen LogP contribution in [0.2, 0.25) is 0 Å². The van der Waals surface area contributed by atoms with Gasteiger partial charge in [0.1, 0.15) is 22.8 Å². The van der Waals surface area contributed by atoms with Crippen LogP contribution in [0, 0.1) is 11.8 Å². The average molecular weight is 444 g/mol. The van der Waals surface area contributed by atoms with Crippen LogP contribution in [0.1, 0.15) is 24.0 Å². The van der Waals surface area contributed by atoms with Crippen molar-refractivity contribution in [2.24, 2.45) is 17.6 Å². The molecule has 0 spiro atoms. The van der Waals surface area contributed by atoms with E-state index in [-0.39, 0.29) is 11.3 Å². The van der Waals surface area contributed by atoms with Crippen molar-refractivity contribution >= 4 is 23.2 Å². The maximum atomic E-state index is 13.7. The number of carbonyl (C=O) groups is 3. The van der Waals surface area contributed by atoms with Crippen LogP contribution in [0.3, 0.4) is 0 Å². The zero-order chi connectivity index (χ0) is 23.9. The van der Waals surface area contributed by atoms with Crippen molar-refractivity contribution in [3.63, 3.8) is 0 Å². The topological polar surface area (TPSA) is 182 Å². The van der Waals surface area contributed by atoms with E-state index >= 15 is 0 Å². The van der Waals surface area contributed by atoms with Gasteiger partial charge in [0.2, 0.25) is 5.78 Å². The van der Waals surface area contributed by atoms with Gasteiger partial charge in [-0.15, -0.1) is 0 Å². The van der Waals surface area contributed by atoms with Gasteiger partial charge in [-0.2, -0.15) is 0 Å². The number of phenolic OH excluding ortho intramolecular Hbond substituents is 1. The first kappa shape index (κ1) is 22.0. The molecule has 1 aromatic carbocycles. The van der Waals surface area contributed by atoms with Crippen molar-refractivity contribution in [1.82, 2.24) is 4.90 Å². The number of aliphatic hydroxyl groups is 4. The maximum absolute atomic E-state index is 13.7. The Labute approximate surface area is 182 Å². The number of likely N-dealkylation sites (N-methyl/N-ethyl adjacent to an activating group) is 1. The number of primary amides is 1. The molecule has 0 aromatic heterocycles. The van der Waals surface area contributed by atoms with Crippen LogP contribution in [-0.2, 0) is 14.4 Å². The minimum atomic E-state index is -2.89. The minimum Gasteiger partial charge on any atom is -0.508 e. The number of nitrogens with zero attached hydrogens (tertiary/aromatic N) is 1. The van der Waals surface area contributed by atoms with Gasteiger partial charge in [-0.05, 0) is 31.6 Å². The number of rotatable bonds is 2. The largest absolute Gasteiger partial charge is 0.508 e. The molecule has 1 amide bonds.